The number of halogens is 3. The van der Waals surface area contributed by atoms with Crippen molar-refractivity contribution < 1.29 is 9.18 Å². The highest BCUT2D eigenvalue weighted by molar-refractivity contribution is 14.0. The quantitative estimate of drug-likeness (QED) is 0.275. The third-order valence-corrected chi connectivity index (χ3v) is 4.53. The molecule has 0 aliphatic rings. The van der Waals surface area contributed by atoms with Crippen molar-refractivity contribution in [2.45, 2.75) is 12.8 Å². The molecule has 0 aromatic heterocycles. The van der Waals surface area contributed by atoms with E-state index in [-0.39, 0.29) is 35.7 Å². The molecule has 2 aromatic rings. The Morgan fingerprint density at radius 1 is 1.11 bits per heavy atom. The molecule has 0 bridgehead atoms. The van der Waals surface area contributed by atoms with Crippen molar-refractivity contribution in [3.8, 4) is 0 Å². The van der Waals surface area contributed by atoms with E-state index in [1.54, 1.807) is 32.3 Å². The van der Waals surface area contributed by atoms with Gasteiger partial charge >= 0.3 is 0 Å². The van der Waals surface area contributed by atoms with E-state index in [1.165, 1.54) is 6.07 Å². The maximum Gasteiger partial charge on any atom is 0.251 e. The lowest BCUT2D eigenvalue weighted by Gasteiger charge is -2.12. The number of carbonyl (C=O) groups is 1. The van der Waals surface area contributed by atoms with E-state index in [1.807, 2.05) is 18.2 Å². The van der Waals surface area contributed by atoms with Gasteiger partial charge in [0.05, 0.1) is 0 Å². The van der Waals surface area contributed by atoms with Gasteiger partial charge in [0, 0.05) is 37.2 Å². The van der Waals surface area contributed by atoms with E-state index in [4.69, 9.17) is 0 Å². The van der Waals surface area contributed by atoms with Crippen molar-refractivity contribution >= 4 is 51.8 Å². The van der Waals surface area contributed by atoms with Crippen LogP contribution in [0.4, 0.5) is 4.39 Å². The van der Waals surface area contributed by atoms with E-state index in [9.17, 15) is 9.18 Å². The highest BCUT2D eigenvalue weighted by atomic mass is 127. The molecule has 1 amide bonds. The van der Waals surface area contributed by atoms with Crippen LogP contribution in [0, 0.1) is 5.82 Å². The molecule has 0 unspecified atom stereocenters. The number of rotatable bonds is 7. The minimum Gasteiger partial charge on any atom is -0.356 e. The number of hydrogen-bond donors (Lipinski definition) is 3. The molecule has 5 nitrogen and oxygen atoms in total. The third kappa shape index (κ3) is 7.75. The van der Waals surface area contributed by atoms with Crippen LogP contribution in [0.3, 0.4) is 0 Å². The average Bonchev–Trinajstić information content (AvgIpc) is 2.69. The van der Waals surface area contributed by atoms with Gasteiger partial charge < -0.3 is 16.0 Å². The smallest absolute Gasteiger partial charge is 0.251 e. The molecule has 2 rings (SSSR count). The number of benzene rings is 2. The van der Waals surface area contributed by atoms with Gasteiger partial charge in [-0.05, 0) is 54.3 Å². The molecule has 152 valence electrons. The predicted molar refractivity (Wildman–Crippen MR) is 126 cm³/mol. The molecule has 0 spiro atoms. The zero-order valence-corrected chi connectivity index (χ0v) is 19.8. The molecular formula is C20H25BrFIN4O. The summed E-state index contributed by atoms with van der Waals surface area (Å²) in [5.74, 6) is 0.355. The first-order chi connectivity index (χ1) is 13.0. The lowest BCUT2D eigenvalue weighted by Crippen LogP contribution is -2.39. The Balaban J connectivity index is 0.00000392. The van der Waals surface area contributed by atoms with Gasteiger partial charge in [-0.1, -0.05) is 28.1 Å². The van der Waals surface area contributed by atoms with Crippen LogP contribution in [0.15, 0.2) is 51.9 Å². The fourth-order valence-corrected chi connectivity index (χ4v) is 3.02. The Kier molecular flexibility index (Phi) is 11.1. The van der Waals surface area contributed by atoms with Gasteiger partial charge in [-0.3, -0.25) is 9.79 Å². The average molecular weight is 563 g/mol. The summed E-state index contributed by atoms with van der Waals surface area (Å²) in [5.41, 5.74) is 2.36. The maximum atomic E-state index is 13.8. The highest BCUT2D eigenvalue weighted by Crippen LogP contribution is 2.15. The van der Waals surface area contributed by atoms with Crippen LogP contribution < -0.4 is 16.0 Å². The Morgan fingerprint density at radius 3 is 2.50 bits per heavy atom. The fraction of sp³-hybridized carbons (Fsp3) is 0.300. The molecule has 28 heavy (non-hydrogen) atoms. The van der Waals surface area contributed by atoms with E-state index >= 15 is 0 Å². The molecule has 0 fully saturated rings. The molecule has 0 aliphatic heterocycles. The molecule has 0 radical (unpaired) electrons. The number of nitrogens with one attached hydrogen (secondary N) is 3. The molecular weight excluding hydrogens is 538 g/mol. The fourth-order valence-electron chi connectivity index (χ4n) is 2.61. The van der Waals surface area contributed by atoms with Gasteiger partial charge in [0.2, 0.25) is 0 Å². The first-order valence-electron chi connectivity index (χ1n) is 8.73. The molecule has 0 atom stereocenters. The Labute approximate surface area is 190 Å². The minimum absolute atomic E-state index is 0. The van der Waals surface area contributed by atoms with Crippen LogP contribution in [0.25, 0.3) is 0 Å². The normalized spacial score (nSPS) is 10.8. The zero-order valence-electron chi connectivity index (χ0n) is 15.9. The largest absolute Gasteiger partial charge is 0.356 e. The molecule has 0 saturated heterocycles. The topological polar surface area (TPSA) is 65.5 Å². The number of guanidine groups is 1. The second-order valence-electron chi connectivity index (χ2n) is 5.94. The Hall–Kier alpha value is -1.68. The van der Waals surface area contributed by atoms with E-state index in [2.05, 4.69) is 36.9 Å². The summed E-state index contributed by atoms with van der Waals surface area (Å²) in [6.07, 6.45) is 1.31. The number of aliphatic imine (C=N–C) groups is 1. The number of nitrogens with zero attached hydrogens (tertiary/aromatic N) is 1. The Bertz CT molecular complexity index is 817. The van der Waals surface area contributed by atoms with Crippen molar-refractivity contribution in [2.75, 3.05) is 27.2 Å². The van der Waals surface area contributed by atoms with Crippen LogP contribution in [0.2, 0.25) is 0 Å². The van der Waals surface area contributed by atoms with Crippen molar-refractivity contribution in [1.82, 2.24) is 16.0 Å². The zero-order chi connectivity index (χ0) is 19.6. The second-order valence-corrected chi connectivity index (χ2v) is 6.86. The van der Waals surface area contributed by atoms with Crippen LogP contribution >= 0.6 is 39.9 Å². The summed E-state index contributed by atoms with van der Waals surface area (Å²) >= 11 is 3.36. The van der Waals surface area contributed by atoms with E-state index in [0.29, 0.717) is 36.6 Å². The summed E-state index contributed by atoms with van der Waals surface area (Å²) in [6, 6.07) is 12.5. The minimum atomic E-state index is -0.209. The van der Waals surface area contributed by atoms with Crippen molar-refractivity contribution in [3.63, 3.8) is 0 Å². The molecule has 0 aliphatic carbocycles. The van der Waals surface area contributed by atoms with Gasteiger partial charge in [-0.15, -0.1) is 24.0 Å². The summed E-state index contributed by atoms with van der Waals surface area (Å²) in [6.45, 7) is 1.24. The number of hydrogen-bond acceptors (Lipinski definition) is 2. The summed E-state index contributed by atoms with van der Waals surface area (Å²) in [7, 11) is 3.31. The number of carbonyl (C=O) groups excluding carboxylic acids is 1. The van der Waals surface area contributed by atoms with Crippen LogP contribution in [-0.2, 0) is 12.8 Å². The van der Waals surface area contributed by atoms with Crippen molar-refractivity contribution in [1.29, 1.82) is 0 Å². The lowest BCUT2D eigenvalue weighted by atomic mass is 10.1. The van der Waals surface area contributed by atoms with Crippen molar-refractivity contribution in [3.05, 3.63) is 69.4 Å². The van der Waals surface area contributed by atoms with E-state index in [0.717, 1.165) is 16.5 Å². The SMILES string of the molecule is CN=C(NCCc1cccc(C(=O)NC)c1)NCCc1cc(Br)ccc1F.I. The molecule has 0 saturated carbocycles. The van der Waals surface area contributed by atoms with Crippen LogP contribution in [-0.4, -0.2) is 39.1 Å². The monoisotopic (exact) mass is 562 g/mol. The Morgan fingerprint density at radius 2 is 1.82 bits per heavy atom. The molecule has 0 heterocycles. The molecule has 2 aromatic carbocycles. The lowest BCUT2D eigenvalue weighted by molar-refractivity contribution is 0.0963. The van der Waals surface area contributed by atoms with Crippen LogP contribution in [0.1, 0.15) is 21.5 Å². The number of amides is 1. The summed E-state index contributed by atoms with van der Waals surface area (Å²) < 4.78 is 14.6. The summed E-state index contributed by atoms with van der Waals surface area (Å²) in [4.78, 5) is 15.9. The van der Waals surface area contributed by atoms with Gasteiger partial charge in [0.25, 0.3) is 5.91 Å². The van der Waals surface area contributed by atoms with Gasteiger partial charge in [-0.2, -0.15) is 0 Å². The molecule has 3 N–H and O–H groups in total. The van der Waals surface area contributed by atoms with Crippen molar-refractivity contribution in [2.24, 2.45) is 4.99 Å². The third-order valence-electron chi connectivity index (χ3n) is 4.04. The predicted octanol–water partition coefficient (Wildman–Crippen LogP) is 3.52. The molecule has 8 heteroatoms. The maximum absolute atomic E-state index is 13.8. The van der Waals surface area contributed by atoms with Gasteiger partial charge in [0.15, 0.2) is 5.96 Å². The first-order valence-corrected chi connectivity index (χ1v) is 9.52. The van der Waals surface area contributed by atoms with Crippen LogP contribution in [0.5, 0.6) is 0 Å². The van der Waals surface area contributed by atoms with Gasteiger partial charge in [0.1, 0.15) is 5.82 Å². The summed E-state index contributed by atoms with van der Waals surface area (Å²) in [5, 5.41) is 9.03. The first kappa shape index (κ1) is 24.4. The standard InChI is InChI=1S/C20H24BrFN4O.HI/c1-23-19(27)16-5-3-4-14(12-16)8-10-25-20(24-2)26-11-9-15-13-17(21)6-7-18(15)22;/h3-7,12-13H,8-11H2,1-2H3,(H,23,27)(H2,24,25,26);1H. The second kappa shape index (κ2) is 12.7. The van der Waals surface area contributed by atoms with Gasteiger partial charge in [-0.25, -0.2) is 4.39 Å². The highest BCUT2D eigenvalue weighted by Gasteiger charge is 2.05. The van der Waals surface area contributed by atoms with E-state index < -0.39 is 0 Å².